The summed E-state index contributed by atoms with van der Waals surface area (Å²) in [6.45, 7) is 2.39. The molecule has 0 unspecified atom stereocenters. The number of nitrogens with zero attached hydrogens (tertiary/aromatic N) is 2. The average Bonchev–Trinajstić information content (AvgIpc) is 3.29. The van der Waals surface area contributed by atoms with E-state index in [1.165, 1.54) is 24.3 Å². The number of aromatic nitrogens is 2. The van der Waals surface area contributed by atoms with E-state index < -0.39 is 15.9 Å². The van der Waals surface area contributed by atoms with Crippen LogP contribution in [0, 0.1) is 0 Å². The molecule has 168 valence electrons. The summed E-state index contributed by atoms with van der Waals surface area (Å²) in [6, 6.07) is 21.7. The van der Waals surface area contributed by atoms with Crippen LogP contribution in [0.1, 0.15) is 17.3 Å². The summed E-state index contributed by atoms with van der Waals surface area (Å²) < 4.78 is 37.7. The van der Waals surface area contributed by atoms with Crippen molar-refractivity contribution in [2.24, 2.45) is 0 Å². The minimum atomic E-state index is -3.90. The predicted octanol–water partition coefficient (Wildman–Crippen LogP) is 4.66. The van der Waals surface area contributed by atoms with Crippen molar-refractivity contribution >= 4 is 38.3 Å². The van der Waals surface area contributed by atoms with Gasteiger partial charge in [0, 0.05) is 28.3 Å². The van der Waals surface area contributed by atoms with E-state index in [4.69, 9.17) is 4.74 Å². The highest BCUT2D eigenvalue weighted by atomic mass is 32.2. The number of ether oxygens (including phenoxy) is 1. The molecule has 33 heavy (non-hydrogen) atoms. The van der Waals surface area contributed by atoms with Gasteiger partial charge in [0.15, 0.2) is 5.82 Å². The van der Waals surface area contributed by atoms with E-state index in [0.29, 0.717) is 29.0 Å². The average molecular weight is 481 g/mol. The lowest BCUT2D eigenvalue weighted by Crippen LogP contribution is -2.16. The van der Waals surface area contributed by atoms with Crippen molar-refractivity contribution in [3.63, 3.8) is 0 Å². The number of anilines is 2. The Morgan fingerprint density at radius 2 is 1.76 bits per heavy atom. The zero-order valence-corrected chi connectivity index (χ0v) is 19.2. The summed E-state index contributed by atoms with van der Waals surface area (Å²) in [5.41, 5.74) is 1.40. The third-order valence-electron chi connectivity index (χ3n) is 4.50. The van der Waals surface area contributed by atoms with Crippen LogP contribution in [0.5, 0.6) is 5.75 Å². The van der Waals surface area contributed by atoms with Crippen molar-refractivity contribution in [2.75, 3.05) is 16.6 Å². The lowest BCUT2D eigenvalue weighted by molar-refractivity contribution is 0.102. The number of carbonyl (C=O) groups excluding carboxylic acids is 1. The second-order valence-corrected chi connectivity index (χ2v) is 9.27. The van der Waals surface area contributed by atoms with Gasteiger partial charge in [0.1, 0.15) is 5.75 Å². The minimum absolute atomic E-state index is 0.0359. The molecule has 0 aliphatic heterocycles. The van der Waals surface area contributed by atoms with Gasteiger partial charge in [-0.3, -0.25) is 14.8 Å². The van der Waals surface area contributed by atoms with Crippen LogP contribution in [0.4, 0.5) is 10.8 Å². The molecule has 10 heteroatoms. The van der Waals surface area contributed by atoms with Crippen LogP contribution >= 0.6 is 11.5 Å². The Morgan fingerprint density at radius 1 is 1.00 bits per heavy atom. The Morgan fingerprint density at radius 3 is 2.48 bits per heavy atom. The molecule has 1 heterocycles. The van der Waals surface area contributed by atoms with Gasteiger partial charge in [-0.1, -0.05) is 36.4 Å². The molecule has 0 bridgehead atoms. The molecule has 1 aromatic heterocycles. The maximum Gasteiger partial charge on any atom is 0.261 e. The second-order valence-electron chi connectivity index (χ2n) is 6.83. The van der Waals surface area contributed by atoms with Crippen LogP contribution in [-0.4, -0.2) is 30.3 Å². The Balaban J connectivity index is 1.47. The first-order chi connectivity index (χ1) is 15.9. The van der Waals surface area contributed by atoms with E-state index in [1.807, 2.05) is 37.3 Å². The molecule has 2 N–H and O–H groups in total. The lowest BCUT2D eigenvalue weighted by atomic mass is 10.2. The van der Waals surface area contributed by atoms with Gasteiger partial charge in [0.25, 0.3) is 15.9 Å². The molecule has 1 amide bonds. The highest BCUT2D eigenvalue weighted by Gasteiger charge is 2.18. The summed E-state index contributed by atoms with van der Waals surface area (Å²) in [5, 5.41) is 2.99. The fraction of sp³-hybridized carbons (Fsp3) is 0.0870. The number of hydrogen-bond acceptors (Lipinski definition) is 7. The van der Waals surface area contributed by atoms with Crippen molar-refractivity contribution in [3.05, 3.63) is 84.4 Å². The molecule has 0 aliphatic rings. The summed E-state index contributed by atoms with van der Waals surface area (Å²) >= 11 is 1.05. The molecule has 0 atom stereocenters. The maximum absolute atomic E-state index is 12.8. The SMILES string of the molecule is CCOc1ccc(NS(=O)(=O)c2cccc(C(=O)Nc3nc(-c4ccccc4)ns3)c2)cc1. The normalized spacial score (nSPS) is 11.1. The third-order valence-corrected chi connectivity index (χ3v) is 6.51. The van der Waals surface area contributed by atoms with Crippen LogP contribution in [0.2, 0.25) is 0 Å². The largest absolute Gasteiger partial charge is 0.494 e. The number of nitrogens with one attached hydrogen (secondary N) is 2. The van der Waals surface area contributed by atoms with Crippen LogP contribution in [0.15, 0.2) is 83.8 Å². The number of rotatable bonds is 8. The zero-order chi connectivity index (χ0) is 23.3. The monoisotopic (exact) mass is 480 g/mol. The Bertz CT molecular complexity index is 1350. The number of sulfonamides is 1. The van der Waals surface area contributed by atoms with Crippen LogP contribution in [0.25, 0.3) is 11.4 Å². The Kier molecular flexibility index (Phi) is 6.66. The molecule has 0 saturated carbocycles. The van der Waals surface area contributed by atoms with Gasteiger partial charge in [-0.25, -0.2) is 8.42 Å². The molecule has 0 radical (unpaired) electrons. The third kappa shape index (κ3) is 5.54. The zero-order valence-electron chi connectivity index (χ0n) is 17.6. The van der Waals surface area contributed by atoms with E-state index in [2.05, 4.69) is 19.4 Å². The quantitative estimate of drug-likeness (QED) is 0.380. The van der Waals surface area contributed by atoms with Gasteiger partial charge in [-0.15, -0.1) is 0 Å². The topological polar surface area (TPSA) is 110 Å². The number of hydrogen-bond donors (Lipinski definition) is 2. The van der Waals surface area contributed by atoms with Crippen molar-refractivity contribution in [3.8, 4) is 17.1 Å². The standard InChI is InChI=1S/C23H20N4O4S2/c1-2-31-19-13-11-18(12-14-19)27-33(29,30)20-10-6-9-17(15-20)22(28)25-23-24-21(26-32-23)16-7-4-3-5-8-16/h3-15,27H,2H2,1H3,(H,24,25,26,28). The van der Waals surface area contributed by atoms with E-state index >= 15 is 0 Å². The van der Waals surface area contributed by atoms with Crippen molar-refractivity contribution in [1.82, 2.24) is 9.36 Å². The maximum atomic E-state index is 12.8. The minimum Gasteiger partial charge on any atom is -0.494 e. The van der Waals surface area contributed by atoms with Crippen LogP contribution in [0.3, 0.4) is 0 Å². The molecule has 0 aliphatic carbocycles. The van der Waals surface area contributed by atoms with E-state index in [9.17, 15) is 13.2 Å². The smallest absolute Gasteiger partial charge is 0.261 e. The van der Waals surface area contributed by atoms with Crippen molar-refractivity contribution in [2.45, 2.75) is 11.8 Å². The highest BCUT2D eigenvalue weighted by molar-refractivity contribution is 7.92. The fourth-order valence-electron chi connectivity index (χ4n) is 2.95. The molecule has 4 aromatic rings. The lowest BCUT2D eigenvalue weighted by Gasteiger charge is -2.10. The van der Waals surface area contributed by atoms with Crippen molar-refractivity contribution < 1.29 is 17.9 Å². The molecule has 0 saturated heterocycles. The molecule has 3 aromatic carbocycles. The molecule has 0 fully saturated rings. The highest BCUT2D eigenvalue weighted by Crippen LogP contribution is 2.23. The van der Waals surface area contributed by atoms with Gasteiger partial charge in [-0.05, 0) is 49.4 Å². The van der Waals surface area contributed by atoms with Crippen molar-refractivity contribution in [1.29, 1.82) is 0 Å². The molecular formula is C23H20N4O4S2. The van der Waals surface area contributed by atoms with Gasteiger partial charge >= 0.3 is 0 Å². The molecular weight excluding hydrogens is 460 g/mol. The molecule has 4 rings (SSSR count). The summed E-state index contributed by atoms with van der Waals surface area (Å²) in [4.78, 5) is 17.0. The summed E-state index contributed by atoms with van der Waals surface area (Å²) in [5.74, 6) is 0.668. The number of benzene rings is 3. The fourth-order valence-corrected chi connectivity index (χ4v) is 4.64. The second kappa shape index (κ2) is 9.80. The van der Waals surface area contributed by atoms with Crippen LogP contribution < -0.4 is 14.8 Å². The molecule has 0 spiro atoms. The van der Waals surface area contributed by atoms with E-state index in [0.717, 1.165) is 17.1 Å². The first-order valence-corrected chi connectivity index (χ1v) is 12.3. The summed E-state index contributed by atoms with van der Waals surface area (Å²) in [7, 11) is -3.90. The first-order valence-electron chi connectivity index (χ1n) is 10.0. The first kappa shape index (κ1) is 22.4. The van der Waals surface area contributed by atoms with Crippen LogP contribution in [-0.2, 0) is 10.0 Å². The van der Waals surface area contributed by atoms with Gasteiger partial charge in [0.2, 0.25) is 5.13 Å². The van der Waals surface area contributed by atoms with E-state index in [1.54, 1.807) is 24.3 Å². The van der Waals surface area contributed by atoms with Gasteiger partial charge in [-0.2, -0.15) is 9.36 Å². The van der Waals surface area contributed by atoms with Gasteiger partial charge in [0.05, 0.1) is 11.5 Å². The molecule has 8 nitrogen and oxygen atoms in total. The van der Waals surface area contributed by atoms with E-state index in [-0.39, 0.29) is 10.5 Å². The predicted molar refractivity (Wildman–Crippen MR) is 128 cm³/mol. The van der Waals surface area contributed by atoms with Gasteiger partial charge < -0.3 is 4.74 Å². The summed E-state index contributed by atoms with van der Waals surface area (Å²) in [6.07, 6.45) is 0. The number of amides is 1. The Hall–Kier alpha value is -3.76. The Labute approximate surface area is 195 Å². The number of carbonyl (C=O) groups is 1.